The molecular formula is C21H24Cl2N6O2S. The minimum atomic E-state index is -0.434. The third-order valence-corrected chi connectivity index (χ3v) is 6.41. The number of carbonyl (C=O) groups excluding carboxylic acids is 1. The predicted molar refractivity (Wildman–Crippen MR) is 126 cm³/mol. The molecule has 2 unspecified atom stereocenters. The number of nitrogens with one attached hydrogen (secondary N) is 1. The van der Waals surface area contributed by atoms with Gasteiger partial charge in [0.2, 0.25) is 5.82 Å². The summed E-state index contributed by atoms with van der Waals surface area (Å²) in [6.07, 6.45) is 0.939. The molecule has 1 aliphatic rings. The number of benzene rings is 1. The fraction of sp³-hybridized carbons (Fsp3) is 0.429. The van der Waals surface area contributed by atoms with Crippen molar-refractivity contribution in [2.45, 2.75) is 45.9 Å². The molecule has 0 radical (unpaired) electrons. The number of nitrogens with zero attached hydrogens (tertiary/aromatic N) is 5. The van der Waals surface area contributed by atoms with Crippen molar-refractivity contribution in [3.8, 4) is 5.69 Å². The Morgan fingerprint density at radius 2 is 1.91 bits per heavy atom. The Morgan fingerprint density at radius 3 is 2.56 bits per heavy atom. The summed E-state index contributed by atoms with van der Waals surface area (Å²) >= 11 is 14.0. The summed E-state index contributed by atoms with van der Waals surface area (Å²) in [6, 6.07) is 5.19. The Hall–Kier alpha value is -2.04. The van der Waals surface area contributed by atoms with E-state index >= 15 is 0 Å². The van der Waals surface area contributed by atoms with E-state index in [9.17, 15) is 4.79 Å². The van der Waals surface area contributed by atoms with Crippen molar-refractivity contribution < 1.29 is 9.53 Å². The Morgan fingerprint density at radius 1 is 1.22 bits per heavy atom. The highest BCUT2D eigenvalue weighted by molar-refractivity contribution is 7.13. The van der Waals surface area contributed by atoms with E-state index in [1.807, 2.05) is 12.3 Å². The minimum Gasteiger partial charge on any atom is -0.373 e. The van der Waals surface area contributed by atoms with E-state index in [-0.39, 0.29) is 18.0 Å². The summed E-state index contributed by atoms with van der Waals surface area (Å²) in [5, 5.41) is 10.5. The maximum absolute atomic E-state index is 12.8. The number of aryl methyl sites for hydroxylation is 1. The normalized spacial score (nSPS) is 19.3. The number of hydrogen-bond donors (Lipinski definition) is 1. The van der Waals surface area contributed by atoms with E-state index in [1.165, 1.54) is 16.0 Å². The number of thiazole rings is 1. The van der Waals surface area contributed by atoms with Gasteiger partial charge in [0.25, 0.3) is 5.91 Å². The zero-order valence-corrected chi connectivity index (χ0v) is 20.3. The third kappa shape index (κ3) is 5.13. The van der Waals surface area contributed by atoms with Crippen molar-refractivity contribution in [1.82, 2.24) is 24.6 Å². The van der Waals surface area contributed by atoms with Crippen LogP contribution in [0.3, 0.4) is 0 Å². The largest absolute Gasteiger partial charge is 0.373 e. The number of aromatic nitrogens is 4. The van der Waals surface area contributed by atoms with Crippen LogP contribution in [-0.2, 0) is 17.7 Å². The zero-order chi connectivity index (χ0) is 22.8. The van der Waals surface area contributed by atoms with Crippen LogP contribution in [0, 0.1) is 0 Å². The van der Waals surface area contributed by atoms with Gasteiger partial charge in [-0.05, 0) is 26.0 Å². The van der Waals surface area contributed by atoms with Crippen LogP contribution in [0.5, 0.6) is 0 Å². The molecule has 1 amide bonds. The number of morpholine rings is 1. The maximum atomic E-state index is 12.8. The lowest BCUT2D eigenvalue weighted by atomic mass is 10.2. The van der Waals surface area contributed by atoms with Gasteiger partial charge in [-0.25, -0.2) is 14.6 Å². The molecule has 3 heterocycles. The van der Waals surface area contributed by atoms with Gasteiger partial charge >= 0.3 is 0 Å². The molecule has 0 bridgehead atoms. The van der Waals surface area contributed by atoms with Crippen LogP contribution in [0.25, 0.3) is 5.69 Å². The highest BCUT2D eigenvalue weighted by atomic mass is 35.5. The maximum Gasteiger partial charge on any atom is 0.297 e. The highest BCUT2D eigenvalue weighted by Gasteiger charge is 2.24. The summed E-state index contributed by atoms with van der Waals surface area (Å²) in [5.74, 6) is 0.182. The molecule has 1 aromatic carbocycles. The summed E-state index contributed by atoms with van der Waals surface area (Å²) < 4.78 is 7.30. The standard InChI is InChI=1S/C21H24Cl2N6O2S/c1-4-17-25-19(27-29(17)18-15(22)6-5-7-16(18)23)20(30)26-21-24-14(11-32-21)10-28-8-12(2)31-13(3)9-28/h5-7,11-13H,4,8-10H2,1-3H3,(H,24,26,30). The average molecular weight is 495 g/mol. The van der Waals surface area contributed by atoms with Crippen LogP contribution >= 0.6 is 34.5 Å². The first-order valence-corrected chi connectivity index (χ1v) is 12.0. The number of carbonyl (C=O) groups is 1. The van der Waals surface area contributed by atoms with Gasteiger partial charge in [0.15, 0.2) is 5.13 Å². The summed E-state index contributed by atoms with van der Waals surface area (Å²) in [6.45, 7) is 8.49. The van der Waals surface area contributed by atoms with Gasteiger partial charge in [-0.3, -0.25) is 15.0 Å². The predicted octanol–water partition coefficient (Wildman–Crippen LogP) is 4.45. The van der Waals surface area contributed by atoms with Crippen molar-refractivity contribution in [3.63, 3.8) is 0 Å². The van der Waals surface area contributed by atoms with Gasteiger partial charge < -0.3 is 4.74 Å². The second-order valence-corrected chi connectivity index (χ2v) is 9.41. The number of ether oxygens (including phenoxy) is 1. The van der Waals surface area contributed by atoms with Crippen LogP contribution in [0.15, 0.2) is 23.6 Å². The Kier molecular flexibility index (Phi) is 7.11. The summed E-state index contributed by atoms with van der Waals surface area (Å²) in [7, 11) is 0. The average Bonchev–Trinajstić information content (AvgIpc) is 3.34. The minimum absolute atomic E-state index is 0.0328. The number of halogens is 2. The van der Waals surface area contributed by atoms with Crippen LogP contribution in [0.4, 0.5) is 5.13 Å². The smallest absolute Gasteiger partial charge is 0.297 e. The molecule has 170 valence electrons. The molecule has 1 fully saturated rings. The molecule has 3 aromatic rings. The van der Waals surface area contributed by atoms with E-state index in [4.69, 9.17) is 27.9 Å². The Labute approximate surface area is 200 Å². The van der Waals surface area contributed by atoms with Gasteiger partial charge in [-0.1, -0.05) is 36.2 Å². The van der Waals surface area contributed by atoms with Gasteiger partial charge in [0.1, 0.15) is 11.5 Å². The number of anilines is 1. The molecule has 32 heavy (non-hydrogen) atoms. The number of amides is 1. The fourth-order valence-corrected chi connectivity index (χ4v) is 5.03. The molecule has 8 nitrogen and oxygen atoms in total. The van der Waals surface area contributed by atoms with Crippen molar-refractivity contribution in [1.29, 1.82) is 0 Å². The first kappa shape index (κ1) is 23.1. The van der Waals surface area contributed by atoms with E-state index in [2.05, 4.69) is 39.1 Å². The monoisotopic (exact) mass is 494 g/mol. The van der Waals surface area contributed by atoms with Crippen molar-refractivity contribution in [3.05, 3.63) is 51.0 Å². The van der Waals surface area contributed by atoms with Gasteiger partial charge in [0.05, 0.1) is 27.9 Å². The molecule has 0 spiro atoms. The van der Waals surface area contributed by atoms with Crippen molar-refractivity contribution in [2.24, 2.45) is 0 Å². The van der Waals surface area contributed by atoms with Gasteiger partial charge in [-0.2, -0.15) is 0 Å². The summed E-state index contributed by atoms with van der Waals surface area (Å²) in [4.78, 5) is 24.0. The van der Waals surface area contributed by atoms with Gasteiger partial charge in [-0.15, -0.1) is 16.4 Å². The van der Waals surface area contributed by atoms with Crippen molar-refractivity contribution in [2.75, 3.05) is 18.4 Å². The Balaban J connectivity index is 1.48. The number of hydrogen-bond acceptors (Lipinski definition) is 7. The molecule has 2 aromatic heterocycles. The second-order valence-electron chi connectivity index (χ2n) is 7.74. The van der Waals surface area contributed by atoms with E-state index in [1.54, 1.807) is 18.2 Å². The second kappa shape index (κ2) is 9.84. The third-order valence-electron chi connectivity index (χ3n) is 5.00. The SMILES string of the molecule is CCc1nc(C(=O)Nc2nc(CN3CC(C)OC(C)C3)cs2)nn1-c1c(Cl)cccc1Cl. The number of rotatable bonds is 6. The quantitative estimate of drug-likeness (QED) is 0.544. The molecule has 2 atom stereocenters. The molecule has 1 aliphatic heterocycles. The lowest BCUT2D eigenvalue weighted by molar-refractivity contribution is -0.0707. The molecular weight excluding hydrogens is 471 g/mol. The molecule has 4 rings (SSSR count). The molecule has 0 saturated carbocycles. The molecule has 0 aliphatic carbocycles. The molecule has 1 N–H and O–H groups in total. The topological polar surface area (TPSA) is 85.2 Å². The summed E-state index contributed by atoms with van der Waals surface area (Å²) in [5.41, 5.74) is 1.41. The molecule has 1 saturated heterocycles. The Bertz CT molecular complexity index is 1090. The highest BCUT2D eigenvalue weighted by Crippen LogP contribution is 2.29. The first-order valence-electron chi connectivity index (χ1n) is 10.4. The van der Waals surface area contributed by atoms with Crippen LogP contribution in [-0.4, -0.2) is 55.9 Å². The van der Waals surface area contributed by atoms with Gasteiger partial charge in [0, 0.05) is 31.4 Å². The van der Waals surface area contributed by atoms with E-state index in [0.29, 0.717) is 39.7 Å². The molecule has 11 heteroatoms. The van der Waals surface area contributed by atoms with Crippen LogP contribution in [0.1, 0.15) is 42.9 Å². The van der Waals surface area contributed by atoms with Crippen LogP contribution < -0.4 is 5.32 Å². The lowest BCUT2D eigenvalue weighted by Gasteiger charge is -2.34. The van der Waals surface area contributed by atoms with Crippen molar-refractivity contribution >= 4 is 45.6 Å². The van der Waals surface area contributed by atoms with Crippen LogP contribution in [0.2, 0.25) is 10.0 Å². The van der Waals surface area contributed by atoms with E-state index < -0.39 is 5.91 Å². The fourth-order valence-electron chi connectivity index (χ4n) is 3.77. The lowest BCUT2D eigenvalue weighted by Crippen LogP contribution is -2.44. The first-order chi connectivity index (χ1) is 15.3. The zero-order valence-electron chi connectivity index (χ0n) is 18.0. The number of para-hydroxylation sites is 1. The van der Waals surface area contributed by atoms with E-state index in [0.717, 1.165) is 18.8 Å².